The second-order valence-corrected chi connectivity index (χ2v) is 9.34. The van der Waals surface area contributed by atoms with Gasteiger partial charge in [0.15, 0.2) is 0 Å². The van der Waals surface area contributed by atoms with Crippen LogP contribution in [0.5, 0.6) is 5.75 Å². The molecule has 0 radical (unpaired) electrons. The Balaban J connectivity index is 1.23. The Morgan fingerprint density at radius 2 is 1.71 bits per heavy atom. The van der Waals surface area contributed by atoms with Gasteiger partial charge in [0.2, 0.25) is 5.91 Å². The van der Waals surface area contributed by atoms with Crippen LogP contribution in [0.25, 0.3) is 0 Å². The molecule has 1 amide bonds. The summed E-state index contributed by atoms with van der Waals surface area (Å²) in [5.41, 5.74) is 0.516. The SMILES string of the molecule is COc1ccc(N2CCN(CCNC(=O)[C@@H]3CCCN(c4cc(=O)n(C)c(=O)n4C)C3)CC2)cc1. The molecule has 10 heteroatoms. The molecule has 10 nitrogen and oxygen atoms in total. The Morgan fingerprint density at radius 3 is 2.40 bits per heavy atom. The van der Waals surface area contributed by atoms with Crippen molar-refractivity contribution in [2.24, 2.45) is 20.0 Å². The number of hydrogen-bond acceptors (Lipinski definition) is 7. The number of benzene rings is 1. The highest BCUT2D eigenvalue weighted by Gasteiger charge is 2.27. The van der Waals surface area contributed by atoms with Gasteiger partial charge in [-0.05, 0) is 37.1 Å². The predicted molar refractivity (Wildman–Crippen MR) is 137 cm³/mol. The number of aromatic nitrogens is 2. The van der Waals surface area contributed by atoms with Crippen LogP contribution in [0, 0.1) is 5.92 Å². The molecule has 1 aromatic heterocycles. The molecule has 4 rings (SSSR count). The van der Waals surface area contributed by atoms with Crippen LogP contribution in [0.4, 0.5) is 11.5 Å². The average Bonchev–Trinajstić information content (AvgIpc) is 2.90. The molecule has 1 atom stereocenters. The first-order chi connectivity index (χ1) is 16.9. The van der Waals surface area contributed by atoms with Gasteiger partial charge in [-0.25, -0.2) is 4.79 Å². The van der Waals surface area contributed by atoms with Gasteiger partial charge in [0.25, 0.3) is 5.56 Å². The second-order valence-electron chi connectivity index (χ2n) is 9.34. The minimum atomic E-state index is -0.355. The molecule has 0 saturated carbocycles. The standard InChI is InChI=1S/C25H36N6O4/c1-27-22(17-23(32)28(2)25(27)34)31-11-4-5-19(18-31)24(33)26-10-12-29-13-15-30(16-14-29)20-6-8-21(35-3)9-7-20/h6-9,17,19H,4-5,10-16,18H2,1-3H3,(H,26,33)/t19-/m1/s1. The minimum absolute atomic E-state index is 0.0420. The summed E-state index contributed by atoms with van der Waals surface area (Å²) in [7, 11) is 4.81. The van der Waals surface area contributed by atoms with E-state index in [1.54, 1.807) is 14.2 Å². The van der Waals surface area contributed by atoms with E-state index in [1.165, 1.54) is 23.4 Å². The zero-order valence-electron chi connectivity index (χ0n) is 20.9. The lowest BCUT2D eigenvalue weighted by Crippen LogP contribution is -2.50. The van der Waals surface area contributed by atoms with Crippen molar-refractivity contribution in [3.05, 3.63) is 51.2 Å². The first-order valence-electron chi connectivity index (χ1n) is 12.3. The molecule has 1 N–H and O–H groups in total. The highest BCUT2D eigenvalue weighted by atomic mass is 16.5. The molecule has 3 heterocycles. The van der Waals surface area contributed by atoms with Crippen LogP contribution in [0.2, 0.25) is 0 Å². The van der Waals surface area contributed by atoms with Gasteiger partial charge in [-0.1, -0.05) is 0 Å². The molecule has 1 aromatic carbocycles. The van der Waals surface area contributed by atoms with E-state index in [0.717, 1.165) is 62.4 Å². The Bertz CT molecular complexity index is 1130. The van der Waals surface area contributed by atoms with Gasteiger partial charge >= 0.3 is 5.69 Å². The number of amides is 1. The number of piperazine rings is 1. The van der Waals surface area contributed by atoms with E-state index in [2.05, 4.69) is 27.2 Å². The smallest absolute Gasteiger partial charge is 0.332 e. The van der Waals surface area contributed by atoms with Crippen molar-refractivity contribution in [1.29, 1.82) is 0 Å². The number of nitrogens with zero attached hydrogens (tertiary/aromatic N) is 5. The zero-order valence-corrected chi connectivity index (χ0v) is 20.9. The Kier molecular flexibility index (Phi) is 7.80. The van der Waals surface area contributed by atoms with E-state index >= 15 is 0 Å². The van der Waals surface area contributed by atoms with E-state index in [0.29, 0.717) is 18.9 Å². The maximum atomic E-state index is 12.9. The Hall–Kier alpha value is -3.27. The third-order valence-corrected chi connectivity index (χ3v) is 7.15. The van der Waals surface area contributed by atoms with Crippen LogP contribution < -0.4 is 31.1 Å². The molecule has 0 unspecified atom stereocenters. The van der Waals surface area contributed by atoms with E-state index in [4.69, 9.17) is 4.74 Å². The molecule has 2 aliphatic rings. The number of anilines is 2. The fourth-order valence-electron chi connectivity index (χ4n) is 4.93. The number of carbonyl (C=O) groups is 1. The fourth-order valence-corrected chi connectivity index (χ4v) is 4.93. The Morgan fingerprint density at radius 1 is 1.00 bits per heavy atom. The first kappa shape index (κ1) is 24.8. The van der Waals surface area contributed by atoms with Gasteiger partial charge in [0.1, 0.15) is 11.6 Å². The fraction of sp³-hybridized carbons (Fsp3) is 0.560. The van der Waals surface area contributed by atoms with Gasteiger partial charge in [0.05, 0.1) is 13.0 Å². The van der Waals surface area contributed by atoms with E-state index in [-0.39, 0.29) is 23.1 Å². The normalized spacial score (nSPS) is 19.0. The number of nitrogens with one attached hydrogen (secondary N) is 1. The van der Waals surface area contributed by atoms with E-state index in [9.17, 15) is 14.4 Å². The van der Waals surface area contributed by atoms with E-state index in [1.807, 2.05) is 17.0 Å². The third-order valence-electron chi connectivity index (χ3n) is 7.15. The number of carbonyl (C=O) groups excluding carboxylic acids is 1. The minimum Gasteiger partial charge on any atom is -0.497 e. The third kappa shape index (κ3) is 5.70. The molecule has 2 aliphatic heterocycles. The Labute approximate surface area is 205 Å². The van der Waals surface area contributed by atoms with Gasteiger partial charge in [-0.2, -0.15) is 0 Å². The quantitative estimate of drug-likeness (QED) is 0.602. The highest BCUT2D eigenvalue weighted by Crippen LogP contribution is 2.22. The van der Waals surface area contributed by atoms with Crippen molar-refractivity contribution in [3.8, 4) is 5.75 Å². The molecule has 190 valence electrons. The molecule has 2 saturated heterocycles. The monoisotopic (exact) mass is 484 g/mol. The number of piperidine rings is 1. The summed E-state index contributed by atoms with van der Waals surface area (Å²) in [4.78, 5) is 44.0. The maximum absolute atomic E-state index is 12.9. The van der Waals surface area contributed by atoms with E-state index < -0.39 is 0 Å². The number of methoxy groups -OCH3 is 1. The van der Waals surface area contributed by atoms with Crippen LogP contribution in [0.15, 0.2) is 39.9 Å². The number of ether oxygens (including phenoxy) is 1. The lowest BCUT2D eigenvalue weighted by atomic mass is 9.97. The van der Waals surface area contributed by atoms with Crippen LogP contribution in [-0.2, 0) is 18.9 Å². The van der Waals surface area contributed by atoms with Crippen molar-refractivity contribution in [2.75, 3.05) is 69.3 Å². The average molecular weight is 485 g/mol. The van der Waals surface area contributed by atoms with Crippen LogP contribution >= 0.6 is 0 Å². The van der Waals surface area contributed by atoms with Gasteiger partial charge in [-0.3, -0.25) is 23.6 Å². The van der Waals surface area contributed by atoms with Crippen molar-refractivity contribution < 1.29 is 9.53 Å². The second kappa shape index (κ2) is 11.0. The molecular formula is C25H36N6O4. The number of hydrogen-bond donors (Lipinski definition) is 1. The van der Waals surface area contributed by atoms with Crippen LogP contribution in [-0.4, -0.2) is 79.4 Å². The molecule has 0 aliphatic carbocycles. The molecular weight excluding hydrogens is 448 g/mol. The van der Waals surface area contributed by atoms with Crippen LogP contribution in [0.1, 0.15) is 12.8 Å². The predicted octanol–water partition coefficient (Wildman–Crippen LogP) is 0.247. The van der Waals surface area contributed by atoms with Gasteiger partial charge < -0.3 is 19.9 Å². The highest BCUT2D eigenvalue weighted by molar-refractivity contribution is 5.79. The molecule has 0 bridgehead atoms. The summed E-state index contributed by atoms with van der Waals surface area (Å²) in [5.74, 6) is 1.32. The summed E-state index contributed by atoms with van der Waals surface area (Å²) in [6, 6.07) is 9.63. The lowest BCUT2D eigenvalue weighted by molar-refractivity contribution is -0.125. The topological polar surface area (TPSA) is 92.1 Å². The lowest BCUT2D eigenvalue weighted by Gasteiger charge is -2.36. The molecule has 35 heavy (non-hydrogen) atoms. The first-order valence-corrected chi connectivity index (χ1v) is 12.3. The maximum Gasteiger partial charge on any atom is 0.332 e. The van der Waals surface area contributed by atoms with Gasteiger partial charge in [-0.15, -0.1) is 0 Å². The van der Waals surface area contributed by atoms with Crippen molar-refractivity contribution in [2.45, 2.75) is 12.8 Å². The van der Waals surface area contributed by atoms with Crippen LogP contribution in [0.3, 0.4) is 0 Å². The summed E-state index contributed by atoms with van der Waals surface area (Å²) >= 11 is 0. The summed E-state index contributed by atoms with van der Waals surface area (Å²) in [5, 5.41) is 3.10. The molecule has 2 fully saturated rings. The zero-order chi connectivity index (χ0) is 24.9. The number of rotatable bonds is 7. The summed E-state index contributed by atoms with van der Waals surface area (Å²) in [6.45, 7) is 6.48. The summed E-state index contributed by atoms with van der Waals surface area (Å²) < 4.78 is 7.81. The molecule has 0 spiro atoms. The van der Waals surface area contributed by atoms with Gasteiger partial charge in [0, 0.05) is 78.2 Å². The molecule has 2 aromatic rings. The van der Waals surface area contributed by atoms with Crippen molar-refractivity contribution in [3.63, 3.8) is 0 Å². The summed E-state index contributed by atoms with van der Waals surface area (Å²) in [6.07, 6.45) is 1.65. The largest absolute Gasteiger partial charge is 0.497 e. The van der Waals surface area contributed by atoms with Crippen molar-refractivity contribution in [1.82, 2.24) is 19.4 Å². The van der Waals surface area contributed by atoms with Crippen molar-refractivity contribution >= 4 is 17.4 Å².